The van der Waals surface area contributed by atoms with E-state index in [1.807, 2.05) is 18.7 Å². The lowest BCUT2D eigenvalue weighted by atomic mass is 10.2. The number of hydrogen-bond donors (Lipinski definition) is 1. The smallest absolute Gasteiger partial charge is 0.410 e. The van der Waals surface area contributed by atoms with Crippen LogP contribution in [0.15, 0.2) is 0 Å². The number of carbonyl (C=O) groups excluding carboxylic acids is 1. The van der Waals surface area contributed by atoms with Crippen LogP contribution in [0.1, 0.15) is 39.5 Å². The van der Waals surface area contributed by atoms with Gasteiger partial charge < -0.3 is 15.0 Å². The zero-order valence-corrected chi connectivity index (χ0v) is 10.9. The fourth-order valence-corrected chi connectivity index (χ4v) is 2.29. The van der Waals surface area contributed by atoms with Crippen molar-refractivity contribution in [1.29, 1.82) is 0 Å². The molecule has 1 amide bonds. The maximum Gasteiger partial charge on any atom is 0.410 e. The second kappa shape index (κ2) is 5.71. The summed E-state index contributed by atoms with van der Waals surface area (Å²) < 4.78 is 5.31. The van der Waals surface area contributed by atoms with Gasteiger partial charge in [0.25, 0.3) is 0 Å². The first-order chi connectivity index (χ1) is 8.15. The Balaban J connectivity index is 1.84. The molecule has 1 aliphatic heterocycles. The highest BCUT2D eigenvalue weighted by atomic mass is 16.6. The molecule has 2 aliphatic rings. The van der Waals surface area contributed by atoms with Gasteiger partial charge in [-0.1, -0.05) is 0 Å². The first kappa shape index (κ1) is 12.7. The Labute approximate surface area is 104 Å². The van der Waals surface area contributed by atoms with Crippen LogP contribution in [-0.2, 0) is 4.74 Å². The Hall–Kier alpha value is -0.770. The molecule has 0 radical (unpaired) electrons. The number of hydrogen-bond acceptors (Lipinski definition) is 3. The number of nitrogens with zero attached hydrogens (tertiary/aromatic N) is 1. The standard InChI is InChI=1S/C13H24N2O2/c1-10(2)17-13(16)15(8-11-5-6-11)9-12-4-3-7-14-12/h10-12,14H,3-9H2,1-2H3. The molecule has 0 aromatic carbocycles. The lowest BCUT2D eigenvalue weighted by Gasteiger charge is -2.26. The molecule has 1 heterocycles. The fraction of sp³-hybridized carbons (Fsp3) is 0.923. The van der Waals surface area contributed by atoms with Gasteiger partial charge >= 0.3 is 6.09 Å². The molecule has 4 nitrogen and oxygen atoms in total. The molecular weight excluding hydrogens is 216 g/mol. The lowest BCUT2D eigenvalue weighted by molar-refractivity contribution is 0.0728. The van der Waals surface area contributed by atoms with Crippen molar-refractivity contribution in [3.05, 3.63) is 0 Å². The maximum absolute atomic E-state index is 12.0. The van der Waals surface area contributed by atoms with Crippen LogP contribution in [0, 0.1) is 5.92 Å². The average molecular weight is 240 g/mol. The topological polar surface area (TPSA) is 41.6 Å². The SMILES string of the molecule is CC(C)OC(=O)N(CC1CC1)CC1CCCN1. The van der Waals surface area contributed by atoms with E-state index in [4.69, 9.17) is 4.74 Å². The number of amides is 1. The molecule has 0 aromatic heterocycles. The van der Waals surface area contributed by atoms with Gasteiger partial charge in [0.15, 0.2) is 0 Å². The zero-order valence-electron chi connectivity index (χ0n) is 10.9. The van der Waals surface area contributed by atoms with E-state index in [0.717, 1.165) is 25.6 Å². The Bertz CT molecular complexity index is 258. The number of rotatable bonds is 5. The van der Waals surface area contributed by atoms with Gasteiger partial charge in [-0.25, -0.2) is 4.79 Å². The van der Waals surface area contributed by atoms with Crippen molar-refractivity contribution in [3.63, 3.8) is 0 Å². The van der Waals surface area contributed by atoms with E-state index in [-0.39, 0.29) is 12.2 Å². The van der Waals surface area contributed by atoms with Crippen LogP contribution < -0.4 is 5.32 Å². The highest BCUT2D eigenvalue weighted by molar-refractivity contribution is 5.67. The Kier molecular flexibility index (Phi) is 4.26. The highest BCUT2D eigenvalue weighted by Crippen LogP contribution is 2.30. The van der Waals surface area contributed by atoms with Gasteiger partial charge in [0.05, 0.1) is 6.10 Å². The van der Waals surface area contributed by atoms with E-state index in [0.29, 0.717) is 6.04 Å². The maximum atomic E-state index is 12.0. The van der Waals surface area contributed by atoms with Crippen LogP contribution in [0.25, 0.3) is 0 Å². The molecule has 0 bridgehead atoms. The van der Waals surface area contributed by atoms with Gasteiger partial charge in [0, 0.05) is 19.1 Å². The summed E-state index contributed by atoms with van der Waals surface area (Å²) >= 11 is 0. The molecule has 0 spiro atoms. The number of nitrogens with one attached hydrogen (secondary N) is 1. The first-order valence-corrected chi connectivity index (χ1v) is 6.84. The molecule has 1 atom stereocenters. The normalized spacial score (nSPS) is 24.1. The van der Waals surface area contributed by atoms with Crippen molar-refractivity contribution in [1.82, 2.24) is 10.2 Å². The molecule has 0 aromatic rings. The van der Waals surface area contributed by atoms with Crippen LogP contribution in [-0.4, -0.2) is 42.8 Å². The van der Waals surface area contributed by atoms with Crippen molar-refractivity contribution in [2.24, 2.45) is 5.92 Å². The van der Waals surface area contributed by atoms with Crippen LogP contribution >= 0.6 is 0 Å². The third kappa shape index (κ3) is 4.19. The van der Waals surface area contributed by atoms with E-state index in [2.05, 4.69) is 5.32 Å². The monoisotopic (exact) mass is 240 g/mol. The summed E-state index contributed by atoms with van der Waals surface area (Å²) in [6.07, 6.45) is 4.77. The predicted octanol–water partition coefficient (Wildman–Crippen LogP) is 2.00. The summed E-state index contributed by atoms with van der Waals surface area (Å²) in [5, 5.41) is 3.44. The Morgan fingerprint density at radius 2 is 2.12 bits per heavy atom. The molecule has 2 rings (SSSR count). The van der Waals surface area contributed by atoms with Crippen LogP contribution in [0.3, 0.4) is 0 Å². The second-order valence-corrected chi connectivity index (χ2v) is 5.57. The molecule has 1 unspecified atom stereocenters. The van der Waals surface area contributed by atoms with E-state index in [1.165, 1.54) is 25.7 Å². The molecule has 98 valence electrons. The highest BCUT2D eigenvalue weighted by Gasteiger charge is 2.30. The van der Waals surface area contributed by atoms with Crippen molar-refractivity contribution >= 4 is 6.09 Å². The van der Waals surface area contributed by atoms with Crippen LogP contribution in [0.5, 0.6) is 0 Å². The predicted molar refractivity (Wildman–Crippen MR) is 66.9 cm³/mol. The van der Waals surface area contributed by atoms with Gasteiger partial charge in [-0.2, -0.15) is 0 Å². The summed E-state index contributed by atoms with van der Waals surface area (Å²) in [5.74, 6) is 0.719. The Morgan fingerprint density at radius 3 is 2.65 bits per heavy atom. The summed E-state index contributed by atoms with van der Waals surface area (Å²) in [5.41, 5.74) is 0. The van der Waals surface area contributed by atoms with E-state index in [1.54, 1.807) is 0 Å². The Morgan fingerprint density at radius 1 is 1.35 bits per heavy atom. The lowest BCUT2D eigenvalue weighted by Crippen LogP contribution is -2.43. The van der Waals surface area contributed by atoms with Crippen LogP contribution in [0.2, 0.25) is 0 Å². The van der Waals surface area contributed by atoms with Crippen molar-refractivity contribution in [3.8, 4) is 0 Å². The fourth-order valence-electron chi connectivity index (χ4n) is 2.29. The summed E-state index contributed by atoms with van der Waals surface area (Å²) in [6, 6.07) is 0.466. The first-order valence-electron chi connectivity index (χ1n) is 6.84. The molecule has 1 saturated heterocycles. The van der Waals surface area contributed by atoms with Gasteiger partial charge in [0.1, 0.15) is 0 Å². The minimum absolute atomic E-state index is 0.0271. The molecular formula is C13H24N2O2. The number of ether oxygens (including phenoxy) is 1. The molecule has 17 heavy (non-hydrogen) atoms. The molecule has 1 aliphatic carbocycles. The van der Waals surface area contributed by atoms with Crippen LogP contribution in [0.4, 0.5) is 4.79 Å². The van der Waals surface area contributed by atoms with Crippen molar-refractivity contribution < 1.29 is 9.53 Å². The third-order valence-corrected chi connectivity index (χ3v) is 3.37. The van der Waals surface area contributed by atoms with Crippen molar-refractivity contribution in [2.75, 3.05) is 19.6 Å². The van der Waals surface area contributed by atoms with Gasteiger partial charge in [-0.15, -0.1) is 0 Å². The summed E-state index contributed by atoms with van der Waals surface area (Å²) in [4.78, 5) is 13.9. The number of carbonyl (C=O) groups is 1. The van der Waals surface area contributed by atoms with Gasteiger partial charge in [-0.05, 0) is 52.0 Å². The van der Waals surface area contributed by atoms with Crippen molar-refractivity contribution in [2.45, 2.75) is 51.7 Å². The third-order valence-electron chi connectivity index (χ3n) is 3.37. The quantitative estimate of drug-likeness (QED) is 0.799. The van der Waals surface area contributed by atoms with E-state index in [9.17, 15) is 4.79 Å². The minimum atomic E-state index is -0.138. The van der Waals surface area contributed by atoms with E-state index < -0.39 is 0 Å². The van der Waals surface area contributed by atoms with Gasteiger partial charge in [0.2, 0.25) is 0 Å². The van der Waals surface area contributed by atoms with Gasteiger partial charge in [-0.3, -0.25) is 0 Å². The largest absolute Gasteiger partial charge is 0.447 e. The summed E-state index contributed by atoms with van der Waals surface area (Å²) in [7, 11) is 0. The average Bonchev–Trinajstić information content (AvgIpc) is 2.91. The molecule has 1 saturated carbocycles. The van der Waals surface area contributed by atoms with E-state index >= 15 is 0 Å². The summed E-state index contributed by atoms with van der Waals surface area (Å²) in [6.45, 7) is 6.58. The minimum Gasteiger partial charge on any atom is -0.447 e. The molecule has 4 heteroatoms. The molecule has 1 N–H and O–H groups in total. The zero-order chi connectivity index (χ0) is 12.3. The molecule has 2 fully saturated rings. The second-order valence-electron chi connectivity index (χ2n) is 5.57.